The average Bonchev–Trinajstić information content (AvgIpc) is 3.11. The van der Waals surface area contributed by atoms with Crippen LogP contribution < -0.4 is 16.4 Å². The highest BCUT2D eigenvalue weighted by atomic mass is 127. The van der Waals surface area contributed by atoms with E-state index in [0.717, 1.165) is 31.2 Å². The standard InChI is InChI=1S/C19H29N5O2.HI/c1-21-18(22-12-14-6-8-15(9-7-14)16(20)25)23-13-19(10-4-5-11-19)17(26)24(2)3;/h6-9H,4-5,10-13H2,1-3H3,(H2,20,25)(H2,21,22,23);1H. The van der Waals surface area contributed by atoms with Gasteiger partial charge in [0.25, 0.3) is 0 Å². The van der Waals surface area contributed by atoms with Gasteiger partial charge in [0.2, 0.25) is 11.8 Å². The van der Waals surface area contributed by atoms with E-state index < -0.39 is 5.91 Å². The summed E-state index contributed by atoms with van der Waals surface area (Å²) in [4.78, 5) is 29.7. The maximum absolute atomic E-state index is 12.6. The highest BCUT2D eigenvalue weighted by molar-refractivity contribution is 14.0. The number of guanidine groups is 1. The summed E-state index contributed by atoms with van der Waals surface area (Å²) in [6, 6.07) is 7.13. The van der Waals surface area contributed by atoms with Gasteiger partial charge in [-0.2, -0.15) is 0 Å². The number of hydrogen-bond acceptors (Lipinski definition) is 3. The molecule has 1 aromatic carbocycles. The van der Waals surface area contributed by atoms with Crippen molar-refractivity contribution in [2.75, 3.05) is 27.7 Å². The molecule has 27 heavy (non-hydrogen) atoms. The first-order valence-electron chi connectivity index (χ1n) is 8.93. The van der Waals surface area contributed by atoms with Crippen LogP contribution in [-0.2, 0) is 11.3 Å². The van der Waals surface area contributed by atoms with E-state index in [-0.39, 0.29) is 35.3 Å². The highest BCUT2D eigenvalue weighted by Crippen LogP contribution is 2.38. The summed E-state index contributed by atoms with van der Waals surface area (Å²) in [6.07, 6.45) is 3.98. The molecule has 0 heterocycles. The van der Waals surface area contributed by atoms with E-state index in [1.165, 1.54) is 0 Å². The van der Waals surface area contributed by atoms with Crippen molar-refractivity contribution in [3.05, 3.63) is 35.4 Å². The lowest BCUT2D eigenvalue weighted by Gasteiger charge is -2.31. The first kappa shape index (κ1) is 23.2. The number of carbonyl (C=O) groups excluding carboxylic acids is 2. The minimum Gasteiger partial charge on any atom is -0.366 e. The summed E-state index contributed by atoms with van der Waals surface area (Å²) in [5, 5.41) is 6.55. The Bertz CT molecular complexity index is 667. The molecule has 0 bridgehead atoms. The molecular weight excluding hydrogens is 457 g/mol. The summed E-state index contributed by atoms with van der Waals surface area (Å²) < 4.78 is 0. The Labute approximate surface area is 178 Å². The SMILES string of the molecule is CN=C(NCc1ccc(C(N)=O)cc1)NCC1(C(=O)N(C)C)CCCC1.I. The number of primary amides is 1. The number of rotatable bonds is 6. The van der Waals surface area contributed by atoms with Crippen molar-refractivity contribution in [2.24, 2.45) is 16.1 Å². The Morgan fingerprint density at radius 3 is 2.22 bits per heavy atom. The maximum atomic E-state index is 12.6. The van der Waals surface area contributed by atoms with Crippen LogP contribution >= 0.6 is 24.0 Å². The number of carbonyl (C=O) groups is 2. The summed E-state index contributed by atoms with van der Waals surface area (Å²) in [5.74, 6) is 0.399. The lowest BCUT2D eigenvalue weighted by atomic mass is 9.84. The van der Waals surface area contributed by atoms with E-state index in [1.54, 1.807) is 24.1 Å². The molecule has 2 amide bonds. The van der Waals surface area contributed by atoms with Gasteiger partial charge in [-0.05, 0) is 30.5 Å². The van der Waals surface area contributed by atoms with Crippen molar-refractivity contribution >= 4 is 41.8 Å². The molecule has 0 atom stereocenters. The van der Waals surface area contributed by atoms with Crippen LogP contribution in [0.2, 0.25) is 0 Å². The molecule has 4 N–H and O–H groups in total. The lowest BCUT2D eigenvalue weighted by Crippen LogP contribution is -2.49. The number of benzene rings is 1. The third-order valence-electron chi connectivity index (χ3n) is 4.94. The Balaban J connectivity index is 0.00000364. The van der Waals surface area contributed by atoms with Crippen LogP contribution in [0.1, 0.15) is 41.6 Å². The van der Waals surface area contributed by atoms with E-state index in [4.69, 9.17) is 5.73 Å². The van der Waals surface area contributed by atoms with Crippen LogP contribution in [0.5, 0.6) is 0 Å². The van der Waals surface area contributed by atoms with Crippen LogP contribution in [0, 0.1) is 5.41 Å². The predicted octanol–water partition coefficient (Wildman–Crippen LogP) is 1.72. The van der Waals surface area contributed by atoms with Gasteiger partial charge < -0.3 is 21.3 Å². The zero-order chi connectivity index (χ0) is 19.2. The zero-order valence-electron chi connectivity index (χ0n) is 16.2. The normalized spacial score (nSPS) is 15.6. The molecule has 0 unspecified atom stereocenters. The van der Waals surface area contributed by atoms with Crippen LogP contribution in [-0.4, -0.2) is 50.4 Å². The fourth-order valence-corrected chi connectivity index (χ4v) is 3.44. The van der Waals surface area contributed by atoms with E-state index >= 15 is 0 Å². The van der Waals surface area contributed by atoms with Gasteiger partial charge >= 0.3 is 0 Å². The van der Waals surface area contributed by atoms with E-state index in [9.17, 15) is 9.59 Å². The first-order valence-corrected chi connectivity index (χ1v) is 8.93. The largest absolute Gasteiger partial charge is 0.366 e. The van der Waals surface area contributed by atoms with E-state index in [1.807, 2.05) is 26.2 Å². The summed E-state index contributed by atoms with van der Waals surface area (Å²) >= 11 is 0. The topological polar surface area (TPSA) is 99.8 Å². The third kappa shape index (κ3) is 6.08. The quantitative estimate of drug-likeness (QED) is 0.323. The van der Waals surface area contributed by atoms with Gasteiger partial charge in [-0.25, -0.2) is 0 Å². The molecule has 1 aromatic rings. The van der Waals surface area contributed by atoms with Gasteiger partial charge in [0.05, 0.1) is 5.41 Å². The van der Waals surface area contributed by atoms with Crippen molar-refractivity contribution in [2.45, 2.75) is 32.2 Å². The Kier molecular flexibility index (Phi) is 9.01. The number of nitrogens with two attached hydrogens (primary N) is 1. The average molecular weight is 487 g/mol. The zero-order valence-corrected chi connectivity index (χ0v) is 18.6. The summed E-state index contributed by atoms with van der Waals surface area (Å²) in [7, 11) is 5.33. The molecule has 150 valence electrons. The molecule has 1 saturated carbocycles. The summed E-state index contributed by atoms with van der Waals surface area (Å²) in [6.45, 7) is 1.14. The van der Waals surface area contributed by atoms with Gasteiger partial charge in [0.15, 0.2) is 5.96 Å². The molecule has 1 aliphatic rings. The van der Waals surface area contributed by atoms with Crippen molar-refractivity contribution in [1.82, 2.24) is 15.5 Å². The van der Waals surface area contributed by atoms with Gasteiger partial charge in [0.1, 0.15) is 0 Å². The van der Waals surface area contributed by atoms with Crippen molar-refractivity contribution in [3.63, 3.8) is 0 Å². The molecule has 0 saturated heterocycles. The number of nitrogens with one attached hydrogen (secondary N) is 2. The highest BCUT2D eigenvalue weighted by Gasteiger charge is 2.42. The predicted molar refractivity (Wildman–Crippen MR) is 118 cm³/mol. The summed E-state index contributed by atoms with van der Waals surface area (Å²) in [5.41, 5.74) is 6.41. The van der Waals surface area contributed by atoms with Gasteiger partial charge in [-0.3, -0.25) is 14.6 Å². The molecule has 2 rings (SSSR count). The molecule has 0 aliphatic heterocycles. The molecule has 8 heteroatoms. The minimum atomic E-state index is -0.436. The molecular formula is C19H30IN5O2. The number of amides is 2. The van der Waals surface area contributed by atoms with Crippen molar-refractivity contribution in [1.29, 1.82) is 0 Å². The van der Waals surface area contributed by atoms with Crippen LogP contribution in [0.25, 0.3) is 0 Å². The molecule has 1 fully saturated rings. The number of nitrogens with zero attached hydrogens (tertiary/aromatic N) is 2. The minimum absolute atomic E-state index is 0. The molecule has 7 nitrogen and oxygen atoms in total. The second-order valence-electron chi connectivity index (χ2n) is 7.03. The van der Waals surface area contributed by atoms with Gasteiger partial charge in [0, 0.05) is 39.8 Å². The van der Waals surface area contributed by atoms with Crippen molar-refractivity contribution < 1.29 is 9.59 Å². The lowest BCUT2D eigenvalue weighted by molar-refractivity contribution is -0.138. The van der Waals surface area contributed by atoms with Crippen LogP contribution in [0.3, 0.4) is 0 Å². The molecule has 0 radical (unpaired) electrons. The molecule has 1 aliphatic carbocycles. The van der Waals surface area contributed by atoms with Gasteiger partial charge in [-0.15, -0.1) is 24.0 Å². The Hall–Kier alpha value is -1.84. The van der Waals surface area contributed by atoms with E-state index in [0.29, 0.717) is 24.6 Å². The first-order chi connectivity index (χ1) is 12.4. The molecule has 0 spiro atoms. The maximum Gasteiger partial charge on any atom is 0.248 e. The van der Waals surface area contributed by atoms with Crippen LogP contribution in [0.4, 0.5) is 0 Å². The van der Waals surface area contributed by atoms with Crippen LogP contribution in [0.15, 0.2) is 29.3 Å². The Morgan fingerprint density at radius 2 is 1.74 bits per heavy atom. The number of halogens is 1. The second kappa shape index (κ2) is 10.5. The van der Waals surface area contributed by atoms with Crippen molar-refractivity contribution in [3.8, 4) is 0 Å². The number of aliphatic imine (C=N–C) groups is 1. The Morgan fingerprint density at radius 1 is 1.15 bits per heavy atom. The number of hydrogen-bond donors (Lipinski definition) is 3. The fraction of sp³-hybridized carbons (Fsp3) is 0.526. The smallest absolute Gasteiger partial charge is 0.248 e. The third-order valence-corrected chi connectivity index (χ3v) is 4.94. The second-order valence-corrected chi connectivity index (χ2v) is 7.03. The van der Waals surface area contributed by atoms with Gasteiger partial charge in [-0.1, -0.05) is 25.0 Å². The van der Waals surface area contributed by atoms with E-state index in [2.05, 4.69) is 15.6 Å². The molecule has 0 aromatic heterocycles. The fourth-order valence-electron chi connectivity index (χ4n) is 3.44. The monoisotopic (exact) mass is 487 g/mol.